The van der Waals surface area contributed by atoms with Crippen molar-refractivity contribution in [3.05, 3.63) is 28.8 Å². The van der Waals surface area contributed by atoms with Crippen molar-refractivity contribution >= 4 is 17.6 Å². The molecule has 1 N–H and O–H groups in total. The molecule has 0 amide bonds. The molecule has 0 unspecified atom stereocenters. The maximum Gasteiger partial charge on any atom is 0.341 e. The lowest BCUT2D eigenvalue weighted by molar-refractivity contribution is 0.0692. The fourth-order valence-electron chi connectivity index (χ4n) is 1.74. The number of hydrogen-bond acceptors (Lipinski definition) is 3. The third kappa shape index (κ3) is 4.75. The van der Waals surface area contributed by atoms with Crippen LogP contribution in [0.15, 0.2) is 18.2 Å². The van der Waals surface area contributed by atoms with Gasteiger partial charge in [-0.15, -0.1) is 0 Å². The molecule has 0 aliphatic heterocycles. The Labute approximate surface area is 123 Å². The van der Waals surface area contributed by atoms with Crippen molar-refractivity contribution in [3.63, 3.8) is 0 Å². The number of carboxylic acids is 1. The monoisotopic (exact) mass is 295 g/mol. The Morgan fingerprint density at radius 3 is 2.75 bits per heavy atom. The van der Waals surface area contributed by atoms with Crippen molar-refractivity contribution in [1.82, 2.24) is 0 Å². The van der Waals surface area contributed by atoms with Gasteiger partial charge in [0.2, 0.25) is 0 Å². The molecule has 1 aromatic carbocycles. The lowest BCUT2D eigenvalue weighted by atomic mass is 9.89. The molecule has 0 saturated heterocycles. The molecular weight excluding hydrogens is 278 g/mol. The second-order valence-electron chi connectivity index (χ2n) is 5.22. The Hall–Kier alpha value is -1.73. The van der Waals surface area contributed by atoms with E-state index >= 15 is 0 Å². The summed E-state index contributed by atoms with van der Waals surface area (Å²) >= 11 is 5.85. The van der Waals surface area contributed by atoms with Gasteiger partial charge < -0.3 is 9.84 Å². The molecule has 4 nitrogen and oxygen atoms in total. The van der Waals surface area contributed by atoms with Crippen molar-refractivity contribution in [1.29, 1.82) is 5.26 Å². The normalized spacial score (nSPS) is 10.9. The summed E-state index contributed by atoms with van der Waals surface area (Å²) in [6.07, 6.45) is 2.40. The number of halogens is 1. The average Bonchev–Trinajstić information content (AvgIpc) is 2.37. The zero-order valence-electron chi connectivity index (χ0n) is 11.6. The molecule has 0 bridgehead atoms. The van der Waals surface area contributed by atoms with Gasteiger partial charge in [-0.25, -0.2) is 4.79 Å². The summed E-state index contributed by atoms with van der Waals surface area (Å²) in [7, 11) is 0. The number of ether oxygens (including phenoxy) is 1. The summed E-state index contributed by atoms with van der Waals surface area (Å²) in [5.41, 5.74) is -0.339. The summed E-state index contributed by atoms with van der Waals surface area (Å²) in [4.78, 5) is 11.1. The topological polar surface area (TPSA) is 70.3 Å². The standard InChI is InChI=1S/C15H18ClNO3/c1-15(2,10-17)8-3-4-9-20-12-7-5-6-11(16)13(12)14(18)19/h5-7H,3-4,8-9H2,1-2H3,(H,18,19). The van der Waals surface area contributed by atoms with Gasteiger partial charge in [0.05, 0.1) is 23.1 Å². The SMILES string of the molecule is CC(C)(C#N)CCCCOc1cccc(Cl)c1C(=O)O. The first-order valence-electron chi connectivity index (χ1n) is 6.43. The van der Waals surface area contributed by atoms with Crippen LogP contribution in [0.1, 0.15) is 43.5 Å². The molecule has 0 saturated carbocycles. The largest absolute Gasteiger partial charge is 0.493 e. The Morgan fingerprint density at radius 1 is 1.45 bits per heavy atom. The van der Waals surface area contributed by atoms with Crippen LogP contribution in [0.5, 0.6) is 5.75 Å². The van der Waals surface area contributed by atoms with E-state index in [1.165, 1.54) is 6.07 Å². The first-order valence-corrected chi connectivity index (χ1v) is 6.81. The van der Waals surface area contributed by atoms with Gasteiger partial charge in [-0.3, -0.25) is 0 Å². The van der Waals surface area contributed by atoms with Crippen molar-refractivity contribution in [3.8, 4) is 11.8 Å². The molecule has 1 rings (SSSR count). The van der Waals surface area contributed by atoms with Crippen LogP contribution in [0, 0.1) is 16.7 Å². The fourth-order valence-corrected chi connectivity index (χ4v) is 1.99. The molecule has 0 spiro atoms. The van der Waals surface area contributed by atoms with E-state index in [1.54, 1.807) is 12.1 Å². The molecular formula is C15H18ClNO3. The molecule has 0 aromatic heterocycles. The van der Waals surface area contributed by atoms with Crippen LogP contribution < -0.4 is 4.74 Å². The smallest absolute Gasteiger partial charge is 0.341 e. The summed E-state index contributed by atoms with van der Waals surface area (Å²) in [6.45, 7) is 4.20. The number of unbranched alkanes of at least 4 members (excludes halogenated alkanes) is 1. The summed E-state index contributed by atoms with van der Waals surface area (Å²) in [5, 5.41) is 18.1. The average molecular weight is 296 g/mol. The van der Waals surface area contributed by atoms with E-state index in [4.69, 9.17) is 26.7 Å². The van der Waals surface area contributed by atoms with Crippen LogP contribution >= 0.6 is 11.6 Å². The van der Waals surface area contributed by atoms with E-state index in [1.807, 2.05) is 13.8 Å². The number of rotatable bonds is 7. The molecule has 0 atom stereocenters. The second kappa shape index (κ2) is 7.16. The van der Waals surface area contributed by atoms with E-state index in [0.29, 0.717) is 6.61 Å². The van der Waals surface area contributed by atoms with Crippen LogP contribution in [0.4, 0.5) is 0 Å². The zero-order chi connectivity index (χ0) is 15.2. The fraction of sp³-hybridized carbons (Fsp3) is 0.467. The van der Waals surface area contributed by atoms with Crippen LogP contribution in [0.25, 0.3) is 0 Å². The predicted molar refractivity (Wildman–Crippen MR) is 77.2 cm³/mol. The number of nitrogens with zero attached hydrogens (tertiary/aromatic N) is 1. The zero-order valence-corrected chi connectivity index (χ0v) is 12.4. The highest BCUT2D eigenvalue weighted by Gasteiger charge is 2.17. The number of nitriles is 1. The van der Waals surface area contributed by atoms with Gasteiger partial charge >= 0.3 is 5.97 Å². The minimum absolute atomic E-state index is 0.00785. The van der Waals surface area contributed by atoms with E-state index in [2.05, 4.69) is 6.07 Å². The number of carbonyl (C=O) groups is 1. The van der Waals surface area contributed by atoms with Gasteiger partial charge in [0.15, 0.2) is 0 Å². The Kier molecular flexibility index (Phi) is 5.84. The molecule has 0 aliphatic rings. The van der Waals surface area contributed by atoms with E-state index in [0.717, 1.165) is 19.3 Å². The molecule has 20 heavy (non-hydrogen) atoms. The van der Waals surface area contributed by atoms with Crippen LogP contribution in [0.3, 0.4) is 0 Å². The minimum atomic E-state index is -1.10. The maximum absolute atomic E-state index is 11.1. The van der Waals surface area contributed by atoms with Gasteiger partial charge in [-0.1, -0.05) is 17.7 Å². The molecule has 0 aliphatic carbocycles. The van der Waals surface area contributed by atoms with Gasteiger partial charge in [-0.05, 0) is 45.2 Å². The Balaban J connectivity index is 2.50. The van der Waals surface area contributed by atoms with Crippen molar-refractivity contribution < 1.29 is 14.6 Å². The first-order chi connectivity index (χ1) is 9.37. The minimum Gasteiger partial charge on any atom is -0.493 e. The van der Waals surface area contributed by atoms with Gasteiger partial charge in [0.1, 0.15) is 11.3 Å². The highest BCUT2D eigenvalue weighted by molar-refractivity contribution is 6.33. The van der Waals surface area contributed by atoms with Gasteiger partial charge in [-0.2, -0.15) is 5.26 Å². The third-order valence-electron chi connectivity index (χ3n) is 2.95. The van der Waals surface area contributed by atoms with Crippen molar-refractivity contribution in [2.24, 2.45) is 5.41 Å². The molecule has 0 fully saturated rings. The summed E-state index contributed by atoms with van der Waals surface area (Å²) < 4.78 is 5.48. The van der Waals surface area contributed by atoms with Crippen molar-refractivity contribution in [2.45, 2.75) is 33.1 Å². The van der Waals surface area contributed by atoms with E-state index < -0.39 is 5.97 Å². The molecule has 1 aromatic rings. The quantitative estimate of drug-likeness (QED) is 0.768. The van der Waals surface area contributed by atoms with Crippen LogP contribution in [-0.2, 0) is 0 Å². The highest BCUT2D eigenvalue weighted by atomic mass is 35.5. The van der Waals surface area contributed by atoms with Gasteiger partial charge in [0, 0.05) is 0 Å². The molecule has 0 radical (unpaired) electrons. The summed E-state index contributed by atoms with van der Waals surface area (Å²) in [5.74, 6) is -0.819. The van der Waals surface area contributed by atoms with Crippen molar-refractivity contribution in [2.75, 3.05) is 6.61 Å². The molecule has 5 heteroatoms. The number of benzene rings is 1. The third-order valence-corrected chi connectivity index (χ3v) is 3.26. The van der Waals surface area contributed by atoms with Gasteiger partial charge in [0.25, 0.3) is 0 Å². The van der Waals surface area contributed by atoms with Crippen LogP contribution in [-0.4, -0.2) is 17.7 Å². The second-order valence-corrected chi connectivity index (χ2v) is 5.63. The number of carboxylic acid groups (broad SMARTS) is 1. The highest BCUT2D eigenvalue weighted by Crippen LogP contribution is 2.27. The number of hydrogen-bond donors (Lipinski definition) is 1. The predicted octanol–water partition coefficient (Wildman–Crippen LogP) is 4.14. The van der Waals surface area contributed by atoms with Crippen LogP contribution in [0.2, 0.25) is 5.02 Å². The molecule has 108 valence electrons. The Bertz CT molecular complexity index is 520. The summed E-state index contributed by atoms with van der Waals surface area (Å²) in [6, 6.07) is 7.01. The van der Waals surface area contributed by atoms with E-state index in [9.17, 15) is 4.79 Å². The van der Waals surface area contributed by atoms with E-state index in [-0.39, 0.29) is 21.8 Å². The first kappa shape index (κ1) is 16.3. The maximum atomic E-state index is 11.1. The lowest BCUT2D eigenvalue weighted by Crippen LogP contribution is -2.09. The lowest BCUT2D eigenvalue weighted by Gasteiger charge is -2.15. The number of aromatic carboxylic acids is 1. The Morgan fingerprint density at radius 2 is 2.15 bits per heavy atom. The molecule has 0 heterocycles.